The Morgan fingerprint density at radius 1 is 0.522 bits per heavy atom. The molecule has 3 aliphatic rings. The molecule has 0 aromatic carbocycles. The summed E-state index contributed by atoms with van der Waals surface area (Å²) in [5.41, 5.74) is 0. The van der Waals surface area contributed by atoms with Crippen molar-refractivity contribution in [3.63, 3.8) is 0 Å². The average Bonchev–Trinajstić information content (AvgIpc) is 3.32. The Labute approximate surface area is 397 Å². The van der Waals surface area contributed by atoms with Crippen LogP contribution in [0, 0.1) is 0 Å². The predicted molar refractivity (Wildman–Crippen MR) is 245 cm³/mol. The lowest BCUT2D eigenvalue weighted by atomic mass is 9.96. The summed E-state index contributed by atoms with van der Waals surface area (Å²) in [7, 11) is 0. The van der Waals surface area contributed by atoms with Crippen molar-refractivity contribution in [1.82, 2.24) is 5.32 Å². The molecule has 67 heavy (non-hydrogen) atoms. The highest BCUT2D eigenvalue weighted by molar-refractivity contribution is 5.76. The first kappa shape index (κ1) is 59.6. The Balaban J connectivity index is 1.44. The van der Waals surface area contributed by atoms with Crippen LogP contribution in [0.15, 0.2) is 24.3 Å². The molecule has 3 saturated heterocycles. The molecule has 17 atom stereocenters. The van der Waals surface area contributed by atoms with Gasteiger partial charge >= 0.3 is 0 Å². The van der Waals surface area contributed by atoms with Crippen LogP contribution < -0.4 is 5.32 Å². The monoisotopic (exact) mass is 966 g/mol. The van der Waals surface area contributed by atoms with Crippen LogP contribution >= 0.6 is 0 Å². The number of carbonyl (C=O) groups excluding carboxylic acids is 1. The maximum absolute atomic E-state index is 13.1. The second kappa shape index (κ2) is 33.8. The van der Waals surface area contributed by atoms with E-state index in [0.717, 1.165) is 32.1 Å². The van der Waals surface area contributed by atoms with E-state index in [0.29, 0.717) is 12.8 Å². The molecule has 0 saturated carbocycles. The maximum Gasteiger partial charge on any atom is 0.220 e. The molecular formula is C48H87NO18. The summed E-state index contributed by atoms with van der Waals surface area (Å²) in [5.74, 6) is -0.292. The highest BCUT2D eigenvalue weighted by Gasteiger charge is 2.53. The Bertz CT molecular complexity index is 1340. The van der Waals surface area contributed by atoms with Crippen LogP contribution in [0.2, 0.25) is 0 Å². The first-order chi connectivity index (χ1) is 32.3. The molecule has 3 aliphatic heterocycles. The summed E-state index contributed by atoms with van der Waals surface area (Å²) in [6, 6.07) is -0.966. The summed E-state index contributed by atoms with van der Waals surface area (Å²) in [5, 5.41) is 119. The Kier molecular flexibility index (Phi) is 30.0. The molecule has 0 bridgehead atoms. The van der Waals surface area contributed by atoms with Gasteiger partial charge in [-0.25, -0.2) is 0 Å². The summed E-state index contributed by atoms with van der Waals surface area (Å²) < 4.78 is 33.9. The number of carbonyl (C=O) groups is 1. The fourth-order valence-corrected chi connectivity index (χ4v) is 8.48. The number of aliphatic hydroxyl groups excluding tert-OH is 11. The predicted octanol–water partition coefficient (Wildman–Crippen LogP) is 1.25. The molecule has 392 valence electrons. The Morgan fingerprint density at radius 3 is 1.48 bits per heavy atom. The molecule has 12 N–H and O–H groups in total. The van der Waals surface area contributed by atoms with Crippen molar-refractivity contribution in [1.29, 1.82) is 0 Å². The number of amides is 1. The van der Waals surface area contributed by atoms with Crippen LogP contribution in [0.25, 0.3) is 0 Å². The van der Waals surface area contributed by atoms with Crippen molar-refractivity contribution in [2.24, 2.45) is 0 Å². The third-order valence-corrected chi connectivity index (χ3v) is 12.7. The van der Waals surface area contributed by atoms with Gasteiger partial charge in [-0.1, -0.05) is 122 Å². The number of hydrogen-bond donors (Lipinski definition) is 12. The van der Waals surface area contributed by atoms with Crippen molar-refractivity contribution in [3.05, 3.63) is 24.3 Å². The zero-order valence-corrected chi connectivity index (χ0v) is 39.9. The van der Waals surface area contributed by atoms with E-state index in [1.165, 1.54) is 77.0 Å². The quantitative estimate of drug-likeness (QED) is 0.0319. The van der Waals surface area contributed by atoms with Crippen LogP contribution in [0.3, 0.4) is 0 Å². The lowest BCUT2D eigenvalue weighted by molar-refractivity contribution is -0.379. The first-order valence-corrected chi connectivity index (χ1v) is 25.1. The summed E-state index contributed by atoms with van der Waals surface area (Å²) in [4.78, 5) is 13.1. The fourth-order valence-electron chi connectivity index (χ4n) is 8.48. The van der Waals surface area contributed by atoms with E-state index >= 15 is 0 Å². The first-order valence-electron chi connectivity index (χ1n) is 25.1. The van der Waals surface area contributed by atoms with E-state index in [1.807, 2.05) is 6.92 Å². The average molecular weight is 966 g/mol. The minimum absolute atomic E-state index is 0.239. The van der Waals surface area contributed by atoms with Crippen LogP contribution in [0.5, 0.6) is 0 Å². The number of allylic oxidation sites excluding steroid dienone is 3. The molecule has 17 unspecified atom stereocenters. The lowest BCUT2D eigenvalue weighted by Crippen LogP contribution is -2.66. The number of aliphatic hydroxyl groups is 11. The number of rotatable bonds is 34. The van der Waals surface area contributed by atoms with Gasteiger partial charge in [0.15, 0.2) is 18.9 Å². The molecule has 3 heterocycles. The SMILES string of the molecule is CCC/C=C/C(O)C(COC1OC(CO)C(OC2OC(CO)C(OC3OC(CO)C(O)C(O)C3O)C(O)C2O)C(O)C1O)NC(=O)CCCCCCCCCCC/C=C\CCCCCCCC. The molecule has 0 spiro atoms. The van der Waals surface area contributed by atoms with Gasteiger partial charge in [0.25, 0.3) is 0 Å². The molecule has 0 aromatic rings. The summed E-state index contributed by atoms with van der Waals surface area (Å²) in [6.07, 6.45) is 3.09. The molecule has 0 radical (unpaired) electrons. The highest BCUT2D eigenvalue weighted by atomic mass is 16.8. The van der Waals surface area contributed by atoms with Crippen molar-refractivity contribution in [3.8, 4) is 0 Å². The zero-order valence-electron chi connectivity index (χ0n) is 39.9. The van der Waals surface area contributed by atoms with Gasteiger partial charge < -0.3 is 89.9 Å². The van der Waals surface area contributed by atoms with Gasteiger partial charge in [0.2, 0.25) is 5.91 Å². The van der Waals surface area contributed by atoms with Gasteiger partial charge in [-0.2, -0.15) is 0 Å². The van der Waals surface area contributed by atoms with E-state index in [1.54, 1.807) is 12.2 Å². The minimum Gasteiger partial charge on any atom is -0.394 e. The molecule has 1 amide bonds. The molecule has 19 heteroatoms. The van der Waals surface area contributed by atoms with Gasteiger partial charge in [0.1, 0.15) is 73.2 Å². The standard InChI is InChI=1S/C48H87NO18/c1-3-5-7-8-9-10-11-12-13-14-15-16-17-18-19-20-21-22-24-26-36(54)49-31(32(53)25-23-6-4-2)30-62-46-42(60)39(57)44(34(28-51)64-46)67-48-43(61)40(58)45(35(29-52)65-48)66-47-41(59)38(56)37(55)33(27-50)63-47/h12-13,23,25,31-35,37-48,50-53,55-61H,3-11,14-22,24,26-30H2,1-2H3,(H,49,54)/b13-12-,25-23+. The highest BCUT2D eigenvalue weighted by Crippen LogP contribution is 2.33. The van der Waals surface area contributed by atoms with E-state index in [9.17, 15) is 61.0 Å². The Morgan fingerprint density at radius 2 is 0.970 bits per heavy atom. The Hall–Kier alpha value is -1.73. The largest absolute Gasteiger partial charge is 0.394 e. The molecule has 0 aliphatic carbocycles. The lowest BCUT2D eigenvalue weighted by Gasteiger charge is -2.48. The van der Waals surface area contributed by atoms with Crippen LogP contribution in [0.4, 0.5) is 0 Å². The van der Waals surface area contributed by atoms with E-state index < -0.39 is 124 Å². The van der Waals surface area contributed by atoms with Gasteiger partial charge in [-0.05, 0) is 38.5 Å². The fraction of sp³-hybridized carbons (Fsp3) is 0.896. The van der Waals surface area contributed by atoms with E-state index in [4.69, 9.17) is 28.4 Å². The van der Waals surface area contributed by atoms with Crippen molar-refractivity contribution in [2.45, 2.75) is 247 Å². The van der Waals surface area contributed by atoms with Crippen molar-refractivity contribution in [2.75, 3.05) is 26.4 Å². The third kappa shape index (κ3) is 20.1. The molecule has 19 nitrogen and oxygen atoms in total. The second-order valence-electron chi connectivity index (χ2n) is 18.3. The summed E-state index contributed by atoms with van der Waals surface area (Å²) in [6.45, 7) is 1.45. The molecular weight excluding hydrogens is 879 g/mol. The molecule has 0 aromatic heterocycles. The number of nitrogens with one attached hydrogen (secondary N) is 1. The van der Waals surface area contributed by atoms with Gasteiger partial charge in [-0.3, -0.25) is 4.79 Å². The van der Waals surface area contributed by atoms with Gasteiger partial charge in [0, 0.05) is 6.42 Å². The normalized spacial score (nSPS) is 33.7. The summed E-state index contributed by atoms with van der Waals surface area (Å²) >= 11 is 0. The molecule has 3 fully saturated rings. The molecule has 3 rings (SSSR count). The van der Waals surface area contributed by atoms with Crippen LogP contribution in [-0.2, 0) is 33.2 Å². The van der Waals surface area contributed by atoms with Gasteiger partial charge in [-0.15, -0.1) is 0 Å². The number of unbranched alkanes of at least 4 members (excludes halogenated alkanes) is 16. The maximum atomic E-state index is 13.1. The second-order valence-corrected chi connectivity index (χ2v) is 18.3. The topological polar surface area (TPSA) is 307 Å². The van der Waals surface area contributed by atoms with Crippen molar-refractivity contribution < 1.29 is 89.4 Å². The van der Waals surface area contributed by atoms with Gasteiger partial charge in [0.05, 0.1) is 38.6 Å². The smallest absolute Gasteiger partial charge is 0.220 e. The minimum atomic E-state index is -1.97. The van der Waals surface area contributed by atoms with Crippen LogP contribution in [-0.4, -0.2) is 193 Å². The van der Waals surface area contributed by atoms with E-state index in [-0.39, 0.29) is 18.9 Å². The van der Waals surface area contributed by atoms with Crippen LogP contribution in [0.1, 0.15) is 142 Å². The zero-order chi connectivity index (χ0) is 49.1. The van der Waals surface area contributed by atoms with Crippen molar-refractivity contribution >= 4 is 5.91 Å². The number of hydrogen-bond acceptors (Lipinski definition) is 18. The van der Waals surface area contributed by atoms with E-state index in [2.05, 4.69) is 24.4 Å². The third-order valence-electron chi connectivity index (χ3n) is 12.7. The number of ether oxygens (including phenoxy) is 6.